The van der Waals surface area contributed by atoms with E-state index in [4.69, 9.17) is 4.98 Å². The number of hydrogen-bond donors (Lipinski definition) is 1. The molecule has 1 aromatic heterocycles. The van der Waals surface area contributed by atoms with Gasteiger partial charge in [0.15, 0.2) is 0 Å². The van der Waals surface area contributed by atoms with Crippen LogP contribution in [-0.4, -0.2) is 15.5 Å². The molecule has 0 fully saturated rings. The van der Waals surface area contributed by atoms with Crippen LogP contribution in [0.15, 0.2) is 72.8 Å². The highest BCUT2D eigenvalue weighted by atomic mass is 16.1. The maximum atomic E-state index is 12.7. The standard InChI is InChI=1S/C25H25N3O/c1-17-8-12-20(13-9-17)16-28-23-7-5-4-6-22(23)27-24(28)19(3)26-25(29)21-14-10-18(2)11-15-21/h4-15,19H,16H2,1-3H3,(H,26,29). The van der Waals surface area contributed by atoms with E-state index in [1.54, 1.807) is 0 Å². The summed E-state index contributed by atoms with van der Waals surface area (Å²) in [4.78, 5) is 17.5. The number of rotatable bonds is 5. The Balaban J connectivity index is 1.65. The number of aryl methyl sites for hydroxylation is 2. The second-order valence-electron chi connectivity index (χ2n) is 7.59. The molecular formula is C25H25N3O. The minimum absolute atomic E-state index is 0.0913. The van der Waals surface area contributed by atoms with Gasteiger partial charge in [0.2, 0.25) is 0 Å². The summed E-state index contributed by atoms with van der Waals surface area (Å²) >= 11 is 0. The molecule has 0 saturated carbocycles. The van der Waals surface area contributed by atoms with Crippen LogP contribution in [0.4, 0.5) is 0 Å². The van der Waals surface area contributed by atoms with Crippen molar-refractivity contribution in [1.29, 1.82) is 0 Å². The zero-order valence-corrected chi connectivity index (χ0v) is 17.0. The summed E-state index contributed by atoms with van der Waals surface area (Å²) in [5, 5.41) is 3.11. The first-order valence-electron chi connectivity index (χ1n) is 9.89. The molecule has 146 valence electrons. The Hall–Kier alpha value is -3.40. The van der Waals surface area contributed by atoms with Crippen LogP contribution in [0.3, 0.4) is 0 Å². The van der Waals surface area contributed by atoms with Crippen molar-refractivity contribution in [3.05, 3.63) is 101 Å². The van der Waals surface area contributed by atoms with E-state index in [-0.39, 0.29) is 11.9 Å². The molecule has 0 saturated heterocycles. The van der Waals surface area contributed by atoms with Gasteiger partial charge in [0.25, 0.3) is 5.91 Å². The van der Waals surface area contributed by atoms with Crippen LogP contribution in [0, 0.1) is 13.8 Å². The molecule has 1 heterocycles. The number of nitrogens with one attached hydrogen (secondary N) is 1. The summed E-state index contributed by atoms with van der Waals surface area (Å²) in [6.07, 6.45) is 0. The Morgan fingerprint density at radius 3 is 2.24 bits per heavy atom. The Morgan fingerprint density at radius 1 is 0.931 bits per heavy atom. The number of amides is 1. The molecular weight excluding hydrogens is 358 g/mol. The first-order valence-corrected chi connectivity index (χ1v) is 9.89. The van der Waals surface area contributed by atoms with Gasteiger partial charge in [0.05, 0.1) is 17.1 Å². The summed E-state index contributed by atoms with van der Waals surface area (Å²) in [5.41, 5.74) is 6.24. The van der Waals surface area contributed by atoms with Crippen molar-refractivity contribution in [3.8, 4) is 0 Å². The van der Waals surface area contributed by atoms with E-state index in [2.05, 4.69) is 47.1 Å². The monoisotopic (exact) mass is 383 g/mol. The van der Waals surface area contributed by atoms with Gasteiger partial charge in [-0.1, -0.05) is 59.7 Å². The van der Waals surface area contributed by atoms with Gasteiger partial charge in [-0.3, -0.25) is 4.79 Å². The number of nitrogens with zero attached hydrogens (tertiary/aromatic N) is 2. The van der Waals surface area contributed by atoms with Crippen molar-refractivity contribution < 1.29 is 4.79 Å². The quantitative estimate of drug-likeness (QED) is 0.515. The van der Waals surface area contributed by atoms with E-state index >= 15 is 0 Å². The van der Waals surface area contributed by atoms with Crippen molar-refractivity contribution in [2.24, 2.45) is 0 Å². The summed E-state index contributed by atoms with van der Waals surface area (Å²) in [5.74, 6) is 0.763. The highest BCUT2D eigenvalue weighted by molar-refractivity contribution is 5.94. The molecule has 0 spiro atoms. The largest absolute Gasteiger partial charge is 0.342 e. The van der Waals surface area contributed by atoms with Gasteiger partial charge in [0, 0.05) is 12.1 Å². The number of imidazole rings is 1. The first kappa shape index (κ1) is 18.9. The van der Waals surface area contributed by atoms with Gasteiger partial charge in [-0.2, -0.15) is 0 Å². The molecule has 4 heteroatoms. The summed E-state index contributed by atoms with van der Waals surface area (Å²) in [6, 6.07) is 24.0. The third-order valence-electron chi connectivity index (χ3n) is 5.19. The maximum Gasteiger partial charge on any atom is 0.251 e. The van der Waals surface area contributed by atoms with Crippen LogP contribution >= 0.6 is 0 Å². The van der Waals surface area contributed by atoms with Gasteiger partial charge in [-0.15, -0.1) is 0 Å². The highest BCUT2D eigenvalue weighted by Crippen LogP contribution is 2.23. The molecule has 3 aromatic carbocycles. The number of para-hydroxylation sites is 2. The molecule has 1 N–H and O–H groups in total. The van der Waals surface area contributed by atoms with Crippen molar-refractivity contribution in [2.75, 3.05) is 0 Å². The summed E-state index contributed by atoms with van der Waals surface area (Å²) in [6.45, 7) is 6.79. The second-order valence-corrected chi connectivity index (χ2v) is 7.59. The van der Waals surface area contributed by atoms with Crippen molar-refractivity contribution in [2.45, 2.75) is 33.4 Å². The number of benzene rings is 3. The van der Waals surface area contributed by atoms with Crippen LogP contribution in [0.5, 0.6) is 0 Å². The van der Waals surface area contributed by atoms with Gasteiger partial charge in [0.1, 0.15) is 5.82 Å². The van der Waals surface area contributed by atoms with Gasteiger partial charge in [-0.05, 0) is 50.6 Å². The Bertz CT molecular complexity index is 1140. The van der Waals surface area contributed by atoms with E-state index in [1.807, 2.05) is 56.3 Å². The van der Waals surface area contributed by atoms with E-state index in [0.717, 1.165) is 22.4 Å². The molecule has 0 aliphatic heterocycles. The average Bonchev–Trinajstić information content (AvgIpc) is 3.09. The van der Waals surface area contributed by atoms with Crippen LogP contribution in [-0.2, 0) is 6.54 Å². The average molecular weight is 383 g/mol. The Morgan fingerprint density at radius 2 is 1.55 bits per heavy atom. The molecule has 1 atom stereocenters. The van der Waals surface area contributed by atoms with Crippen molar-refractivity contribution in [1.82, 2.24) is 14.9 Å². The normalized spacial score (nSPS) is 12.1. The molecule has 0 radical (unpaired) electrons. The lowest BCUT2D eigenvalue weighted by Gasteiger charge is -2.17. The van der Waals surface area contributed by atoms with E-state index in [9.17, 15) is 4.79 Å². The minimum atomic E-state index is -0.221. The summed E-state index contributed by atoms with van der Waals surface area (Å²) in [7, 11) is 0. The van der Waals surface area contributed by atoms with E-state index in [0.29, 0.717) is 12.1 Å². The number of aromatic nitrogens is 2. The van der Waals surface area contributed by atoms with Crippen LogP contribution in [0.1, 0.15) is 45.8 Å². The minimum Gasteiger partial charge on any atom is -0.342 e. The zero-order chi connectivity index (χ0) is 20.4. The van der Waals surface area contributed by atoms with Crippen LogP contribution in [0.2, 0.25) is 0 Å². The lowest BCUT2D eigenvalue weighted by molar-refractivity contribution is 0.0938. The number of carbonyl (C=O) groups is 1. The molecule has 4 rings (SSSR count). The molecule has 0 aliphatic carbocycles. The highest BCUT2D eigenvalue weighted by Gasteiger charge is 2.19. The Labute approximate surface area is 171 Å². The van der Waals surface area contributed by atoms with Crippen molar-refractivity contribution in [3.63, 3.8) is 0 Å². The van der Waals surface area contributed by atoms with Gasteiger partial charge < -0.3 is 9.88 Å². The fourth-order valence-corrected chi connectivity index (χ4v) is 3.52. The fourth-order valence-electron chi connectivity index (χ4n) is 3.52. The van der Waals surface area contributed by atoms with Gasteiger partial charge in [-0.25, -0.2) is 4.98 Å². The third-order valence-corrected chi connectivity index (χ3v) is 5.19. The summed E-state index contributed by atoms with van der Waals surface area (Å²) < 4.78 is 2.19. The van der Waals surface area contributed by atoms with Crippen LogP contribution in [0.25, 0.3) is 11.0 Å². The number of carbonyl (C=O) groups excluding carboxylic acids is 1. The zero-order valence-electron chi connectivity index (χ0n) is 17.0. The topological polar surface area (TPSA) is 46.9 Å². The first-order chi connectivity index (χ1) is 14.0. The van der Waals surface area contributed by atoms with Gasteiger partial charge >= 0.3 is 0 Å². The lowest BCUT2D eigenvalue weighted by Crippen LogP contribution is -2.28. The maximum absolute atomic E-state index is 12.7. The molecule has 4 nitrogen and oxygen atoms in total. The molecule has 1 amide bonds. The number of hydrogen-bond acceptors (Lipinski definition) is 2. The molecule has 1 unspecified atom stereocenters. The van der Waals surface area contributed by atoms with Crippen LogP contribution < -0.4 is 5.32 Å². The van der Waals surface area contributed by atoms with E-state index in [1.165, 1.54) is 11.1 Å². The molecule has 0 bridgehead atoms. The SMILES string of the molecule is Cc1ccc(Cn2c(C(C)NC(=O)c3ccc(C)cc3)nc3ccccc32)cc1. The predicted octanol–water partition coefficient (Wildman–Crippen LogP) is 5.19. The van der Waals surface area contributed by atoms with Crippen molar-refractivity contribution >= 4 is 16.9 Å². The molecule has 29 heavy (non-hydrogen) atoms. The molecule has 4 aromatic rings. The number of fused-ring (bicyclic) bond motifs is 1. The third kappa shape index (κ3) is 4.06. The second kappa shape index (κ2) is 7.92. The van der Waals surface area contributed by atoms with E-state index < -0.39 is 0 Å². The lowest BCUT2D eigenvalue weighted by atomic mass is 10.1. The smallest absolute Gasteiger partial charge is 0.251 e. The molecule has 0 aliphatic rings. The predicted molar refractivity (Wildman–Crippen MR) is 117 cm³/mol. The Kier molecular flexibility index (Phi) is 5.17. The fraction of sp³-hybridized carbons (Fsp3) is 0.200.